The molecule has 0 fully saturated rings. The quantitative estimate of drug-likeness (QED) is 0.763. The lowest BCUT2D eigenvalue weighted by molar-refractivity contribution is 0.187. The van der Waals surface area contributed by atoms with Crippen LogP contribution >= 0.6 is 0 Å². The summed E-state index contributed by atoms with van der Waals surface area (Å²) in [5, 5.41) is 12.1. The predicted molar refractivity (Wildman–Crippen MR) is 70.6 cm³/mol. The van der Waals surface area contributed by atoms with E-state index in [-0.39, 0.29) is 12.6 Å². The van der Waals surface area contributed by atoms with Crippen molar-refractivity contribution in [3.8, 4) is 5.75 Å². The zero-order valence-corrected chi connectivity index (χ0v) is 10.9. The van der Waals surface area contributed by atoms with Crippen LogP contribution < -0.4 is 10.1 Å². The Bertz CT molecular complexity index is 324. The monoisotopic (exact) mass is 237 g/mol. The summed E-state index contributed by atoms with van der Waals surface area (Å²) in [6.45, 7) is 4.94. The van der Waals surface area contributed by atoms with E-state index in [2.05, 4.69) is 25.2 Å². The molecule has 0 radical (unpaired) electrons. The molecule has 17 heavy (non-hydrogen) atoms. The standard InChI is InChI=1S/C14H23NO2/c1-4-11(2)13-7-5-6-8-14(13)17-10-12(9-16)15-3/h5-8,11-12,15-16H,4,9-10H2,1-3H3. The van der Waals surface area contributed by atoms with Crippen molar-refractivity contribution in [3.05, 3.63) is 29.8 Å². The van der Waals surface area contributed by atoms with Crippen molar-refractivity contribution in [2.24, 2.45) is 0 Å². The minimum atomic E-state index is -0.0139. The van der Waals surface area contributed by atoms with Gasteiger partial charge in [0, 0.05) is 0 Å². The summed E-state index contributed by atoms with van der Waals surface area (Å²) in [6.07, 6.45) is 1.09. The van der Waals surface area contributed by atoms with Crippen molar-refractivity contribution in [2.45, 2.75) is 32.2 Å². The predicted octanol–water partition coefficient (Wildman–Crippen LogP) is 2.16. The van der Waals surface area contributed by atoms with Crippen LogP contribution in [0, 0.1) is 0 Å². The second-order valence-corrected chi connectivity index (χ2v) is 4.33. The second-order valence-electron chi connectivity index (χ2n) is 4.33. The summed E-state index contributed by atoms with van der Waals surface area (Å²) in [5.41, 5.74) is 1.24. The van der Waals surface area contributed by atoms with Crippen molar-refractivity contribution in [3.63, 3.8) is 0 Å². The van der Waals surface area contributed by atoms with Gasteiger partial charge in [-0.2, -0.15) is 0 Å². The molecule has 0 aliphatic carbocycles. The molecule has 1 rings (SSSR count). The van der Waals surface area contributed by atoms with E-state index in [0.717, 1.165) is 12.2 Å². The molecule has 0 heterocycles. The van der Waals surface area contributed by atoms with Gasteiger partial charge < -0.3 is 15.2 Å². The minimum absolute atomic E-state index is 0.0139. The van der Waals surface area contributed by atoms with Gasteiger partial charge in [-0.25, -0.2) is 0 Å². The van der Waals surface area contributed by atoms with E-state index >= 15 is 0 Å². The first kappa shape index (κ1) is 14.0. The number of hydrogen-bond acceptors (Lipinski definition) is 3. The third-order valence-corrected chi connectivity index (χ3v) is 3.13. The Morgan fingerprint density at radius 2 is 2.06 bits per heavy atom. The number of rotatable bonds is 7. The van der Waals surface area contributed by atoms with Crippen molar-refractivity contribution < 1.29 is 9.84 Å². The highest BCUT2D eigenvalue weighted by Gasteiger charge is 2.11. The Balaban J connectivity index is 2.70. The average Bonchev–Trinajstić information content (AvgIpc) is 2.39. The third-order valence-electron chi connectivity index (χ3n) is 3.13. The molecular formula is C14H23NO2. The number of nitrogens with one attached hydrogen (secondary N) is 1. The smallest absolute Gasteiger partial charge is 0.122 e. The molecule has 0 aliphatic heterocycles. The first-order valence-corrected chi connectivity index (χ1v) is 6.22. The number of aliphatic hydroxyl groups is 1. The molecule has 2 atom stereocenters. The molecule has 0 saturated heterocycles. The molecule has 1 aromatic rings. The number of likely N-dealkylation sites (N-methyl/N-ethyl adjacent to an activating group) is 1. The molecule has 0 saturated carbocycles. The molecule has 0 aliphatic rings. The molecule has 2 N–H and O–H groups in total. The molecule has 2 unspecified atom stereocenters. The van der Waals surface area contributed by atoms with E-state index in [1.165, 1.54) is 5.56 Å². The zero-order chi connectivity index (χ0) is 12.7. The summed E-state index contributed by atoms with van der Waals surface area (Å²) in [6, 6.07) is 8.10. The van der Waals surface area contributed by atoms with Gasteiger partial charge in [-0.05, 0) is 31.0 Å². The van der Waals surface area contributed by atoms with E-state index < -0.39 is 0 Å². The number of aliphatic hydroxyl groups excluding tert-OH is 1. The van der Waals surface area contributed by atoms with Crippen molar-refractivity contribution in [1.29, 1.82) is 0 Å². The van der Waals surface area contributed by atoms with E-state index in [9.17, 15) is 0 Å². The van der Waals surface area contributed by atoms with E-state index in [0.29, 0.717) is 12.5 Å². The van der Waals surface area contributed by atoms with Crippen molar-refractivity contribution in [1.82, 2.24) is 5.32 Å². The fraction of sp³-hybridized carbons (Fsp3) is 0.571. The van der Waals surface area contributed by atoms with Crippen molar-refractivity contribution >= 4 is 0 Å². The van der Waals surface area contributed by atoms with Crippen molar-refractivity contribution in [2.75, 3.05) is 20.3 Å². The Morgan fingerprint density at radius 3 is 2.65 bits per heavy atom. The first-order valence-electron chi connectivity index (χ1n) is 6.22. The van der Waals surface area contributed by atoms with Crippen LogP contribution in [0.15, 0.2) is 24.3 Å². The topological polar surface area (TPSA) is 41.5 Å². The van der Waals surface area contributed by atoms with Gasteiger partial charge in [0.05, 0.1) is 12.6 Å². The second kappa shape index (κ2) is 7.30. The maximum atomic E-state index is 9.09. The van der Waals surface area contributed by atoms with Gasteiger partial charge in [0.1, 0.15) is 12.4 Å². The molecule has 3 heteroatoms. The van der Waals surface area contributed by atoms with E-state index in [1.807, 2.05) is 25.2 Å². The summed E-state index contributed by atoms with van der Waals surface area (Å²) < 4.78 is 5.78. The lowest BCUT2D eigenvalue weighted by atomic mass is 9.98. The first-order chi connectivity index (χ1) is 8.22. The SMILES string of the molecule is CCC(C)c1ccccc1OCC(CO)NC. The Labute approximate surface area is 104 Å². The van der Waals surface area contributed by atoms with Gasteiger partial charge >= 0.3 is 0 Å². The maximum absolute atomic E-state index is 9.09. The molecule has 0 aromatic heterocycles. The lowest BCUT2D eigenvalue weighted by Crippen LogP contribution is -2.35. The molecule has 3 nitrogen and oxygen atoms in total. The van der Waals surface area contributed by atoms with Crippen LogP contribution in [0.25, 0.3) is 0 Å². The Kier molecular flexibility index (Phi) is 6.01. The maximum Gasteiger partial charge on any atom is 0.122 e. The largest absolute Gasteiger partial charge is 0.492 e. The van der Waals surface area contributed by atoms with Gasteiger partial charge in [-0.3, -0.25) is 0 Å². The van der Waals surface area contributed by atoms with Crippen LogP contribution in [0.4, 0.5) is 0 Å². The number of ether oxygens (including phenoxy) is 1. The summed E-state index contributed by atoms with van der Waals surface area (Å²) in [4.78, 5) is 0. The average molecular weight is 237 g/mol. The fourth-order valence-electron chi connectivity index (χ4n) is 1.66. The molecular weight excluding hydrogens is 214 g/mol. The van der Waals surface area contributed by atoms with Crippen LogP contribution in [0.5, 0.6) is 5.75 Å². The summed E-state index contributed by atoms with van der Waals surface area (Å²) in [5.74, 6) is 1.42. The summed E-state index contributed by atoms with van der Waals surface area (Å²) in [7, 11) is 1.82. The molecule has 0 bridgehead atoms. The zero-order valence-electron chi connectivity index (χ0n) is 10.9. The van der Waals surface area contributed by atoms with Gasteiger partial charge in [-0.1, -0.05) is 32.0 Å². The van der Waals surface area contributed by atoms with Gasteiger partial charge in [0.25, 0.3) is 0 Å². The van der Waals surface area contributed by atoms with Gasteiger partial charge in [0.15, 0.2) is 0 Å². The number of hydrogen-bond donors (Lipinski definition) is 2. The normalized spacial score (nSPS) is 14.4. The molecule has 1 aromatic carbocycles. The highest BCUT2D eigenvalue weighted by molar-refractivity contribution is 5.35. The van der Waals surface area contributed by atoms with Crippen LogP contribution in [0.2, 0.25) is 0 Å². The summed E-state index contributed by atoms with van der Waals surface area (Å²) >= 11 is 0. The minimum Gasteiger partial charge on any atom is -0.492 e. The molecule has 0 spiro atoms. The fourth-order valence-corrected chi connectivity index (χ4v) is 1.66. The van der Waals surface area contributed by atoms with Gasteiger partial charge in [-0.15, -0.1) is 0 Å². The Morgan fingerprint density at radius 1 is 1.35 bits per heavy atom. The van der Waals surface area contributed by atoms with E-state index in [4.69, 9.17) is 9.84 Å². The number of benzene rings is 1. The van der Waals surface area contributed by atoms with Crippen LogP contribution in [-0.4, -0.2) is 31.4 Å². The molecule has 0 amide bonds. The highest BCUT2D eigenvalue weighted by atomic mass is 16.5. The molecule has 96 valence electrons. The van der Waals surface area contributed by atoms with Gasteiger partial charge in [0.2, 0.25) is 0 Å². The van der Waals surface area contributed by atoms with Crippen LogP contribution in [-0.2, 0) is 0 Å². The van der Waals surface area contributed by atoms with Crippen LogP contribution in [0.1, 0.15) is 31.7 Å². The lowest BCUT2D eigenvalue weighted by Gasteiger charge is -2.18. The Hall–Kier alpha value is -1.06. The highest BCUT2D eigenvalue weighted by Crippen LogP contribution is 2.28. The third kappa shape index (κ3) is 4.02. The van der Waals surface area contributed by atoms with E-state index in [1.54, 1.807) is 0 Å². The van der Waals surface area contributed by atoms with Crippen LogP contribution in [0.3, 0.4) is 0 Å². The number of para-hydroxylation sites is 1.